The molecule has 1 fully saturated rings. The molecule has 0 atom stereocenters. The summed E-state index contributed by atoms with van der Waals surface area (Å²) in [6.07, 6.45) is 0. The number of nitrogens with zero attached hydrogens (tertiary/aromatic N) is 1. The maximum absolute atomic E-state index is 12.0. The maximum Gasteiger partial charge on any atom is 0.241 e. The SMILES string of the molecule is O=C(CNS(=O)(=O)c1ccc(Cl)cc1)N1CCOCC1. The highest BCUT2D eigenvalue weighted by Gasteiger charge is 2.20. The van der Waals surface area contributed by atoms with Crippen molar-refractivity contribution in [3.05, 3.63) is 29.3 Å². The summed E-state index contributed by atoms with van der Waals surface area (Å²) in [6.45, 7) is 1.68. The van der Waals surface area contributed by atoms with Crippen LogP contribution in [0.25, 0.3) is 0 Å². The van der Waals surface area contributed by atoms with E-state index in [-0.39, 0.29) is 17.3 Å². The topological polar surface area (TPSA) is 75.7 Å². The molecule has 110 valence electrons. The van der Waals surface area contributed by atoms with E-state index in [2.05, 4.69) is 4.72 Å². The number of halogens is 1. The van der Waals surface area contributed by atoms with E-state index in [1.807, 2.05) is 0 Å². The van der Waals surface area contributed by atoms with Crippen LogP contribution >= 0.6 is 11.6 Å². The molecule has 2 rings (SSSR count). The lowest BCUT2D eigenvalue weighted by molar-refractivity contribution is -0.133. The van der Waals surface area contributed by atoms with Gasteiger partial charge in [-0.15, -0.1) is 0 Å². The van der Waals surface area contributed by atoms with Crippen molar-refractivity contribution in [1.82, 2.24) is 9.62 Å². The van der Waals surface area contributed by atoms with Crippen molar-refractivity contribution >= 4 is 27.5 Å². The van der Waals surface area contributed by atoms with Crippen molar-refractivity contribution in [3.8, 4) is 0 Å². The van der Waals surface area contributed by atoms with Crippen LogP contribution in [-0.4, -0.2) is 52.1 Å². The molecule has 0 aromatic heterocycles. The summed E-state index contributed by atoms with van der Waals surface area (Å²) in [4.78, 5) is 13.5. The van der Waals surface area contributed by atoms with Crippen molar-refractivity contribution in [1.29, 1.82) is 0 Å². The summed E-state index contributed by atoms with van der Waals surface area (Å²) in [7, 11) is -3.70. The Morgan fingerprint density at radius 2 is 1.85 bits per heavy atom. The van der Waals surface area contributed by atoms with Crippen LogP contribution in [0, 0.1) is 0 Å². The van der Waals surface area contributed by atoms with Gasteiger partial charge in [0.2, 0.25) is 15.9 Å². The first-order chi connectivity index (χ1) is 9.49. The summed E-state index contributed by atoms with van der Waals surface area (Å²) in [5.41, 5.74) is 0. The van der Waals surface area contributed by atoms with E-state index < -0.39 is 10.0 Å². The van der Waals surface area contributed by atoms with Crippen LogP contribution in [-0.2, 0) is 19.6 Å². The molecule has 0 unspecified atom stereocenters. The second-order valence-electron chi connectivity index (χ2n) is 4.27. The lowest BCUT2D eigenvalue weighted by Crippen LogP contribution is -2.45. The number of hydrogen-bond donors (Lipinski definition) is 1. The Labute approximate surface area is 122 Å². The van der Waals surface area contributed by atoms with Gasteiger partial charge in [0, 0.05) is 18.1 Å². The Bertz CT molecular complexity index is 568. The second-order valence-corrected chi connectivity index (χ2v) is 6.48. The zero-order chi connectivity index (χ0) is 14.6. The van der Waals surface area contributed by atoms with E-state index >= 15 is 0 Å². The third-order valence-electron chi connectivity index (χ3n) is 2.90. The van der Waals surface area contributed by atoms with Crippen molar-refractivity contribution in [2.45, 2.75) is 4.90 Å². The fourth-order valence-electron chi connectivity index (χ4n) is 1.78. The predicted octanol–water partition coefficient (Wildman–Crippen LogP) is 0.477. The average Bonchev–Trinajstić information content (AvgIpc) is 2.46. The third kappa shape index (κ3) is 3.92. The average molecular weight is 319 g/mol. The van der Waals surface area contributed by atoms with Gasteiger partial charge in [0.05, 0.1) is 24.7 Å². The highest BCUT2D eigenvalue weighted by molar-refractivity contribution is 7.89. The van der Waals surface area contributed by atoms with Gasteiger partial charge in [0.1, 0.15) is 0 Å². The number of carbonyl (C=O) groups excluding carboxylic acids is 1. The molecule has 0 bridgehead atoms. The van der Waals surface area contributed by atoms with Crippen molar-refractivity contribution in [2.24, 2.45) is 0 Å². The Morgan fingerprint density at radius 1 is 1.25 bits per heavy atom. The molecule has 1 aliphatic rings. The molecule has 8 heteroatoms. The van der Waals surface area contributed by atoms with E-state index in [1.165, 1.54) is 24.3 Å². The van der Waals surface area contributed by atoms with Crippen LogP contribution in [0.2, 0.25) is 5.02 Å². The number of benzene rings is 1. The fourth-order valence-corrected chi connectivity index (χ4v) is 2.88. The van der Waals surface area contributed by atoms with Gasteiger partial charge in [-0.05, 0) is 24.3 Å². The minimum Gasteiger partial charge on any atom is -0.378 e. The third-order valence-corrected chi connectivity index (χ3v) is 4.57. The van der Waals surface area contributed by atoms with E-state index in [1.54, 1.807) is 4.90 Å². The molecule has 1 amide bonds. The highest BCUT2D eigenvalue weighted by atomic mass is 35.5. The molecule has 1 saturated heterocycles. The molecule has 1 heterocycles. The summed E-state index contributed by atoms with van der Waals surface area (Å²) in [5, 5.41) is 0.452. The zero-order valence-corrected chi connectivity index (χ0v) is 12.3. The molecule has 0 radical (unpaired) electrons. The van der Waals surface area contributed by atoms with Gasteiger partial charge in [-0.25, -0.2) is 13.1 Å². The molecule has 0 aliphatic carbocycles. The first-order valence-corrected chi connectivity index (χ1v) is 7.96. The standard InChI is InChI=1S/C12H15ClN2O4S/c13-10-1-3-11(4-2-10)20(17,18)14-9-12(16)15-5-7-19-8-6-15/h1-4,14H,5-9H2. The molecule has 0 saturated carbocycles. The largest absolute Gasteiger partial charge is 0.378 e. The molecule has 1 aromatic carbocycles. The molecule has 6 nitrogen and oxygen atoms in total. The number of amides is 1. The Morgan fingerprint density at radius 3 is 2.45 bits per heavy atom. The molecule has 1 aromatic rings. The van der Waals surface area contributed by atoms with Gasteiger partial charge >= 0.3 is 0 Å². The van der Waals surface area contributed by atoms with Gasteiger partial charge < -0.3 is 9.64 Å². The molecular weight excluding hydrogens is 304 g/mol. The maximum atomic E-state index is 12.0. The quantitative estimate of drug-likeness (QED) is 0.876. The fraction of sp³-hybridized carbons (Fsp3) is 0.417. The van der Waals surface area contributed by atoms with Crippen LogP contribution in [0.15, 0.2) is 29.2 Å². The van der Waals surface area contributed by atoms with Crippen LogP contribution in [0.5, 0.6) is 0 Å². The van der Waals surface area contributed by atoms with Gasteiger partial charge in [0.25, 0.3) is 0 Å². The highest BCUT2D eigenvalue weighted by Crippen LogP contribution is 2.13. The minimum absolute atomic E-state index is 0.0803. The van der Waals surface area contributed by atoms with Gasteiger partial charge in [-0.1, -0.05) is 11.6 Å². The number of rotatable bonds is 4. The van der Waals surface area contributed by atoms with Gasteiger partial charge in [0.15, 0.2) is 0 Å². The normalized spacial score (nSPS) is 16.1. The second kappa shape index (κ2) is 6.53. The summed E-state index contributed by atoms with van der Waals surface area (Å²) < 4.78 is 31.4. The smallest absolute Gasteiger partial charge is 0.241 e. The van der Waals surface area contributed by atoms with E-state index in [9.17, 15) is 13.2 Å². The summed E-state index contributed by atoms with van der Waals surface area (Å²) in [6, 6.07) is 5.76. The van der Waals surface area contributed by atoms with Crippen LogP contribution < -0.4 is 4.72 Å². The molecule has 20 heavy (non-hydrogen) atoms. The van der Waals surface area contributed by atoms with Gasteiger partial charge in [-0.3, -0.25) is 4.79 Å². The number of sulfonamides is 1. The Kier molecular flexibility index (Phi) is 4.98. The van der Waals surface area contributed by atoms with E-state index in [0.29, 0.717) is 31.3 Å². The number of morpholine rings is 1. The van der Waals surface area contributed by atoms with E-state index in [0.717, 1.165) is 0 Å². The number of carbonyl (C=O) groups is 1. The predicted molar refractivity (Wildman–Crippen MR) is 74.0 cm³/mol. The van der Waals surface area contributed by atoms with Crippen LogP contribution in [0.4, 0.5) is 0 Å². The number of ether oxygens (including phenoxy) is 1. The van der Waals surface area contributed by atoms with Crippen molar-refractivity contribution < 1.29 is 17.9 Å². The molecule has 1 N–H and O–H groups in total. The Hall–Kier alpha value is -1.15. The van der Waals surface area contributed by atoms with Crippen molar-refractivity contribution in [3.63, 3.8) is 0 Å². The zero-order valence-electron chi connectivity index (χ0n) is 10.7. The Balaban J connectivity index is 1.95. The molecular formula is C12H15ClN2O4S. The monoisotopic (exact) mass is 318 g/mol. The molecule has 0 spiro atoms. The lowest BCUT2D eigenvalue weighted by Gasteiger charge is -2.26. The summed E-state index contributed by atoms with van der Waals surface area (Å²) >= 11 is 5.70. The number of hydrogen-bond acceptors (Lipinski definition) is 4. The molecule has 1 aliphatic heterocycles. The summed E-state index contributed by atoms with van der Waals surface area (Å²) in [5.74, 6) is -0.258. The minimum atomic E-state index is -3.70. The van der Waals surface area contributed by atoms with Crippen LogP contribution in [0.1, 0.15) is 0 Å². The lowest BCUT2D eigenvalue weighted by atomic mass is 10.4. The van der Waals surface area contributed by atoms with Crippen LogP contribution in [0.3, 0.4) is 0 Å². The first kappa shape index (κ1) is 15.2. The number of nitrogens with one attached hydrogen (secondary N) is 1. The van der Waals surface area contributed by atoms with E-state index in [4.69, 9.17) is 16.3 Å². The van der Waals surface area contributed by atoms with Crippen molar-refractivity contribution in [2.75, 3.05) is 32.8 Å². The van der Waals surface area contributed by atoms with Gasteiger partial charge in [-0.2, -0.15) is 0 Å². The first-order valence-electron chi connectivity index (χ1n) is 6.10.